The van der Waals surface area contributed by atoms with Crippen LogP contribution in [0.15, 0.2) is 0 Å². The summed E-state index contributed by atoms with van der Waals surface area (Å²) in [4.78, 5) is 0. The first kappa shape index (κ1) is 10.2. The van der Waals surface area contributed by atoms with Gasteiger partial charge in [-0.15, -0.1) is 0 Å². The second-order valence-corrected chi connectivity index (χ2v) is 2.66. The SMILES string of the molecule is FCC(CCBr)C(F)(F)F. The molecule has 1 unspecified atom stereocenters. The van der Waals surface area contributed by atoms with Gasteiger partial charge in [0.2, 0.25) is 0 Å². The van der Waals surface area contributed by atoms with Crippen molar-refractivity contribution in [2.75, 3.05) is 12.0 Å². The van der Waals surface area contributed by atoms with Crippen LogP contribution in [0, 0.1) is 5.92 Å². The molecule has 0 saturated heterocycles. The van der Waals surface area contributed by atoms with Gasteiger partial charge in [0.25, 0.3) is 0 Å². The van der Waals surface area contributed by atoms with Crippen LogP contribution in [0.5, 0.6) is 0 Å². The Hall–Kier alpha value is 0.200. The maximum absolute atomic E-state index is 11.6. The van der Waals surface area contributed by atoms with Gasteiger partial charge in [0, 0.05) is 5.33 Å². The van der Waals surface area contributed by atoms with Crippen molar-refractivity contribution in [2.45, 2.75) is 12.6 Å². The zero-order valence-electron chi connectivity index (χ0n) is 5.09. The number of alkyl halides is 5. The van der Waals surface area contributed by atoms with Gasteiger partial charge in [-0.1, -0.05) is 15.9 Å². The largest absolute Gasteiger partial charge is 0.394 e. The molecule has 0 radical (unpaired) electrons. The highest BCUT2D eigenvalue weighted by Gasteiger charge is 2.38. The van der Waals surface area contributed by atoms with Gasteiger partial charge < -0.3 is 0 Å². The lowest BCUT2D eigenvalue weighted by Crippen LogP contribution is -2.24. The maximum Gasteiger partial charge on any atom is 0.394 e. The lowest BCUT2D eigenvalue weighted by Gasteiger charge is -2.14. The third-order valence-corrected chi connectivity index (χ3v) is 1.56. The van der Waals surface area contributed by atoms with Gasteiger partial charge in [-0.05, 0) is 6.42 Å². The summed E-state index contributed by atoms with van der Waals surface area (Å²) in [6.07, 6.45) is -4.58. The highest BCUT2D eigenvalue weighted by molar-refractivity contribution is 9.09. The van der Waals surface area contributed by atoms with E-state index in [2.05, 4.69) is 15.9 Å². The van der Waals surface area contributed by atoms with E-state index in [-0.39, 0.29) is 11.8 Å². The van der Waals surface area contributed by atoms with Gasteiger partial charge in [0.15, 0.2) is 0 Å². The fourth-order valence-corrected chi connectivity index (χ4v) is 1.01. The van der Waals surface area contributed by atoms with Crippen LogP contribution in [0.2, 0.25) is 0 Å². The third kappa shape index (κ3) is 3.39. The topological polar surface area (TPSA) is 0 Å². The van der Waals surface area contributed by atoms with Crippen LogP contribution in [-0.2, 0) is 0 Å². The van der Waals surface area contributed by atoms with Gasteiger partial charge in [-0.2, -0.15) is 13.2 Å². The standard InChI is InChI=1S/C5H7BrF4/c6-2-1-4(3-7)5(8,9)10/h4H,1-3H2. The fraction of sp³-hybridized carbons (Fsp3) is 1.00. The molecule has 0 N–H and O–H groups in total. The van der Waals surface area contributed by atoms with Crippen molar-refractivity contribution in [3.63, 3.8) is 0 Å². The van der Waals surface area contributed by atoms with E-state index in [0.29, 0.717) is 0 Å². The average molecular weight is 223 g/mol. The third-order valence-electron chi connectivity index (χ3n) is 1.11. The van der Waals surface area contributed by atoms with Crippen molar-refractivity contribution in [1.29, 1.82) is 0 Å². The summed E-state index contributed by atoms with van der Waals surface area (Å²) in [6, 6.07) is 0. The Kier molecular flexibility index (Phi) is 4.24. The summed E-state index contributed by atoms with van der Waals surface area (Å²) in [5.74, 6) is -1.80. The van der Waals surface area contributed by atoms with Gasteiger partial charge in [-0.3, -0.25) is 4.39 Å². The Morgan fingerprint density at radius 3 is 1.90 bits per heavy atom. The Bertz CT molecular complexity index is 90.1. The molecule has 62 valence electrons. The Morgan fingerprint density at radius 1 is 1.30 bits per heavy atom. The molecular formula is C5H7BrF4. The second-order valence-electron chi connectivity index (χ2n) is 1.87. The first-order valence-corrected chi connectivity index (χ1v) is 3.83. The summed E-state index contributed by atoms with van der Waals surface area (Å²) in [6.45, 7) is -1.32. The first-order valence-electron chi connectivity index (χ1n) is 2.71. The molecule has 0 aromatic carbocycles. The Labute approximate surface area is 64.7 Å². The van der Waals surface area contributed by atoms with Crippen molar-refractivity contribution in [1.82, 2.24) is 0 Å². The van der Waals surface area contributed by atoms with E-state index in [0.717, 1.165) is 0 Å². The van der Waals surface area contributed by atoms with E-state index in [1.165, 1.54) is 0 Å². The van der Waals surface area contributed by atoms with Gasteiger partial charge in [0.1, 0.15) is 6.67 Å². The van der Waals surface area contributed by atoms with Crippen molar-refractivity contribution in [2.24, 2.45) is 5.92 Å². The monoisotopic (exact) mass is 222 g/mol. The highest BCUT2D eigenvalue weighted by Crippen LogP contribution is 2.29. The minimum atomic E-state index is -4.39. The normalized spacial score (nSPS) is 15.3. The smallest absolute Gasteiger partial charge is 0.250 e. The predicted octanol–water partition coefficient (Wildman–Crippen LogP) is 2.92. The van der Waals surface area contributed by atoms with Crippen LogP contribution in [0.25, 0.3) is 0 Å². The van der Waals surface area contributed by atoms with E-state index in [9.17, 15) is 17.6 Å². The molecule has 0 aliphatic rings. The van der Waals surface area contributed by atoms with Crippen molar-refractivity contribution in [3.8, 4) is 0 Å². The van der Waals surface area contributed by atoms with Crippen LogP contribution in [0.4, 0.5) is 17.6 Å². The summed E-state index contributed by atoms with van der Waals surface area (Å²) in [7, 11) is 0. The quantitative estimate of drug-likeness (QED) is 0.509. The van der Waals surface area contributed by atoms with E-state index >= 15 is 0 Å². The Morgan fingerprint density at radius 2 is 1.80 bits per heavy atom. The summed E-state index contributed by atoms with van der Waals surface area (Å²) >= 11 is 2.82. The minimum absolute atomic E-state index is 0.182. The molecule has 0 aliphatic heterocycles. The lowest BCUT2D eigenvalue weighted by molar-refractivity contribution is -0.178. The molecule has 5 heteroatoms. The van der Waals surface area contributed by atoms with Crippen LogP contribution in [0.1, 0.15) is 6.42 Å². The molecule has 0 bridgehead atoms. The van der Waals surface area contributed by atoms with Crippen LogP contribution in [-0.4, -0.2) is 18.2 Å². The number of rotatable bonds is 3. The lowest BCUT2D eigenvalue weighted by atomic mass is 10.1. The maximum atomic E-state index is 11.6. The molecule has 0 aliphatic carbocycles. The van der Waals surface area contributed by atoms with E-state index in [1.54, 1.807) is 0 Å². The second kappa shape index (κ2) is 4.16. The van der Waals surface area contributed by atoms with Gasteiger partial charge >= 0.3 is 6.18 Å². The zero-order chi connectivity index (χ0) is 8.20. The summed E-state index contributed by atoms with van der Waals surface area (Å²) in [5, 5.41) is 0.182. The molecule has 0 amide bonds. The first-order chi connectivity index (χ1) is 4.52. The van der Waals surface area contributed by atoms with Crippen molar-refractivity contribution < 1.29 is 17.6 Å². The van der Waals surface area contributed by atoms with E-state index in [1.807, 2.05) is 0 Å². The average Bonchev–Trinajstić information content (AvgIpc) is 1.80. The summed E-state index contributed by atoms with van der Waals surface area (Å²) < 4.78 is 46.5. The fourth-order valence-electron chi connectivity index (χ4n) is 0.460. The molecule has 10 heavy (non-hydrogen) atoms. The Balaban J connectivity index is 3.81. The van der Waals surface area contributed by atoms with Crippen LogP contribution < -0.4 is 0 Å². The molecule has 1 atom stereocenters. The van der Waals surface area contributed by atoms with Crippen molar-refractivity contribution >= 4 is 15.9 Å². The molecule has 0 fully saturated rings. The molecule has 0 spiro atoms. The molecule has 0 aromatic rings. The predicted molar refractivity (Wildman–Crippen MR) is 33.9 cm³/mol. The van der Waals surface area contributed by atoms with Crippen LogP contribution in [0.3, 0.4) is 0 Å². The highest BCUT2D eigenvalue weighted by atomic mass is 79.9. The number of hydrogen-bond acceptors (Lipinski definition) is 0. The molecule has 0 heterocycles. The summed E-state index contributed by atoms with van der Waals surface area (Å²) in [5.41, 5.74) is 0. The number of halogens is 5. The molecular weight excluding hydrogens is 216 g/mol. The zero-order valence-corrected chi connectivity index (χ0v) is 6.67. The van der Waals surface area contributed by atoms with E-state index < -0.39 is 18.8 Å². The number of hydrogen-bond donors (Lipinski definition) is 0. The minimum Gasteiger partial charge on any atom is -0.250 e. The molecule has 0 aromatic heterocycles. The van der Waals surface area contributed by atoms with E-state index in [4.69, 9.17) is 0 Å². The molecule has 0 saturated carbocycles. The molecule has 0 nitrogen and oxygen atoms in total. The van der Waals surface area contributed by atoms with Gasteiger partial charge in [0.05, 0.1) is 5.92 Å². The van der Waals surface area contributed by atoms with Crippen LogP contribution >= 0.6 is 15.9 Å². The van der Waals surface area contributed by atoms with Crippen molar-refractivity contribution in [3.05, 3.63) is 0 Å². The molecule has 0 rings (SSSR count). The van der Waals surface area contributed by atoms with Gasteiger partial charge in [-0.25, -0.2) is 0 Å².